The van der Waals surface area contributed by atoms with Crippen LogP contribution >= 0.6 is 11.6 Å². The van der Waals surface area contributed by atoms with E-state index in [0.29, 0.717) is 29.8 Å². The fraction of sp³-hybridized carbons (Fsp3) is 0.250. The van der Waals surface area contributed by atoms with E-state index in [1.807, 2.05) is 6.92 Å². The third-order valence-electron chi connectivity index (χ3n) is 7.14. The van der Waals surface area contributed by atoms with Crippen molar-refractivity contribution in [2.24, 2.45) is 11.8 Å². The Morgan fingerprint density at radius 3 is 2.60 bits per heavy atom. The second-order valence-electron chi connectivity index (χ2n) is 9.94. The highest BCUT2D eigenvalue weighted by molar-refractivity contribution is 6.31. The maximum absolute atomic E-state index is 14.7. The summed E-state index contributed by atoms with van der Waals surface area (Å²) >= 11 is 5.72. The summed E-state index contributed by atoms with van der Waals surface area (Å²) in [7, 11) is 0. The number of anilines is 2. The van der Waals surface area contributed by atoms with E-state index in [0.717, 1.165) is 18.5 Å². The Morgan fingerprint density at radius 1 is 1.16 bits per heavy atom. The Bertz CT molecular complexity index is 1870. The first-order chi connectivity index (χ1) is 20.4. The zero-order valence-electron chi connectivity index (χ0n) is 22.3. The molecule has 2 aliphatic rings. The van der Waals surface area contributed by atoms with Gasteiger partial charge in [0.25, 0.3) is 5.91 Å². The van der Waals surface area contributed by atoms with Crippen molar-refractivity contribution in [1.82, 2.24) is 29.7 Å². The third-order valence-corrected chi connectivity index (χ3v) is 7.43. The molecule has 0 spiro atoms. The molecule has 1 saturated heterocycles. The molecule has 4 aromatic rings. The second-order valence-corrected chi connectivity index (χ2v) is 10.3. The molecule has 0 saturated carbocycles. The predicted molar refractivity (Wildman–Crippen MR) is 145 cm³/mol. The number of nitrogens with one attached hydrogen (secondary N) is 1. The summed E-state index contributed by atoms with van der Waals surface area (Å²) in [6, 6.07) is 1.00. The van der Waals surface area contributed by atoms with Crippen LogP contribution in [-0.4, -0.2) is 48.1 Å². The fourth-order valence-electron chi connectivity index (χ4n) is 4.85. The van der Waals surface area contributed by atoms with Gasteiger partial charge in [-0.2, -0.15) is 18.3 Å². The third kappa shape index (κ3) is 5.05. The number of carbonyl (C=O) groups excluding carboxylic acids is 2. The normalized spacial score (nSPS) is 18.0. The number of amides is 2. The van der Waals surface area contributed by atoms with Crippen molar-refractivity contribution in [3.63, 3.8) is 0 Å². The van der Waals surface area contributed by atoms with Crippen LogP contribution in [-0.2, 0) is 11.0 Å². The van der Waals surface area contributed by atoms with Gasteiger partial charge in [-0.25, -0.2) is 14.4 Å². The van der Waals surface area contributed by atoms with Gasteiger partial charge in [0, 0.05) is 12.7 Å². The van der Waals surface area contributed by atoms with E-state index in [1.54, 1.807) is 18.0 Å². The van der Waals surface area contributed by atoms with E-state index < -0.39 is 45.8 Å². The smallest absolute Gasteiger partial charge is 0.318 e. The molecule has 0 bridgehead atoms. The maximum Gasteiger partial charge on any atom is 0.417 e. The Morgan fingerprint density at radius 2 is 1.95 bits per heavy atom. The number of hydrogen-bond donors (Lipinski definition) is 1. The zero-order chi connectivity index (χ0) is 30.6. The van der Waals surface area contributed by atoms with E-state index in [1.165, 1.54) is 17.1 Å². The summed E-state index contributed by atoms with van der Waals surface area (Å²) in [5.74, 6) is 3.85. The summed E-state index contributed by atoms with van der Waals surface area (Å²) in [4.78, 5) is 43.8. The molecule has 43 heavy (non-hydrogen) atoms. The van der Waals surface area contributed by atoms with Crippen LogP contribution in [0.5, 0.6) is 0 Å². The first kappa shape index (κ1) is 28.2. The number of alkyl halides is 3. The highest BCUT2D eigenvalue weighted by Crippen LogP contribution is 2.40. The Kier molecular flexibility index (Phi) is 6.84. The first-order valence-electron chi connectivity index (χ1n) is 12.8. The van der Waals surface area contributed by atoms with Crippen molar-refractivity contribution >= 4 is 34.9 Å². The molecule has 3 atom stereocenters. The van der Waals surface area contributed by atoms with Gasteiger partial charge in [0.1, 0.15) is 11.6 Å². The number of rotatable bonds is 6. The molecule has 3 aromatic heterocycles. The van der Waals surface area contributed by atoms with Gasteiger partial charge >= 0.3 is 6.18 Å². The van der Waals surface area contributed by atoms with Gasteiger partial charge < -0.3 is 5.32 Å². The van der Waals surface area contributed by atoms with Crippen LogP contribution in [0.4, 0.5) is 29.1 Å². The van der Waals surface area contributed by atoms with Crippen LogP contribution < -0.4 is 10.2 Å². The largest absolute Gasteiger partial charge is 0.417 e. The second kappa shape index (κ2) is 10.4. The van der Waals surface area contributed by atoms with Gasteiger partial charge in [0.2, 0.25) is 5.91 Å². The molecule has 0 radical (unpaired) electrons. The van der Waals surface area contributed by atoms with Crippen LogP contribution in [0.1, 0.15) is 40.4 Å². The van der Waals surface area contributed by atoms with Gasteiger partial charge in [0.15, 0.2) is 11.6 Å². The van der Waals surface area contributed by atoms with E-state index >= 15 is 0 Å². The molecule has 218 valence electrons. The lowest BCUT2D eigenvalue weighted by Gasteiger charge is -2.18. The fourth-order valence-corrected chi connectivity index (χ4v) is 5.01. The number of benzene rings is 1. The summed E-state index contributed by atoms with van der Waals surface area (Å²) in [5.41, 5.74) is -1.75. The van der Waals surface area contributed by atoms with Crippen LogP contribution in [0.2, 0.25) is 5.02 Å². The number of carbonyl (C=O) groups is 2. The number of fused-ring (bicyclic) bond motifs is 1. The minimum Gasteiger partial charge on any atom is -0.318 e. The maximum atomic E-state index is 14.7. The molecular weight excluding hydrogens is 592 g/mol. The van der Waals surface area contributed by atoms with Crippen molar-refractivity contribution in [1.29, 1.82) is 0 Å². The van der Waals surface area contributed by atoms with E-state index in [9.17, 15) is 27.2 Å². The van der Waals surface area contributed by atoms with Crippen molar-refractivity contribution in [3.05, 3.63) is 76.6 Å². The van der Waals surface area contributed by atoms with Crippen molar-refractivity contribution < 1.29 is 27.2 Å². The average molecular weight is 611 g/mol. The minimum absolute atomic E-state index is 0.0221. The SMILES string of the molecule is Cc1nc(C(C)n2cc(NC(=O)c3cncc(-c4c(C(F)(F)F)ccc(Cl)c4F)n3)cn2)cnc1N1C[C@H]2C#C[C@H]2C1=O. The molecule has 1 fully saturated rings. The van der Waals surface area contributed by atoms with Gasteiger partial charge in [-0.1, -0.05) is 23.4 Å². The molecule has 1 aromatic carbocycles. The summed E-state index contributed by atoms with van der Waals surface area (Å²) < 4.78 is 56.9. The summed E-state index contributed by atoms with van der Waals surface area (Å²) in [5, 5.41) is 6.27. The summed E-state index contributed by atoms with van der Waals surface area (Å²) in [6.07, 6.45) is 1.46. The van der Waals surface area contributed by atoms with Crippen LogP contribution in [0, 0.1) is 36.4 Å². The van der Waals surface area contributed by atoms with Gasteiger partial charge in [-0.15, -0.1) is 0 Å². The molecule has 1 unspecified atom stereocenters. The minimum atomic E-state index is -4.91. The average Bonchev–Trinajstić information content (AvgIpc) is 3.50. The Hall–Kier alpha value is -4.90. The number of aromatic nitrogens is 6. The monoisotopic (exact) mass is 610 g/mol. The standard InChI is InChI=1S/C28H19ClF4N8O2/c1-13-25(40-11-15-3-4-17(15)27(40)43)35-10-20(37-13)14(2)41-12-16(7-36-41)38-26(42)22-9-34-8-21(39-22)23-18(28(31,32)33)5-6-19(29)24(23)30/h5-10,12,14-15,17H,11H2,1-2H3,(H,38,42)/t14?,15-,17-/m1/s1. The first-order valence-corrected chi connectivity index (χ1v) is 13.2. The molecule has 1 aliphatic carbocycles. The molecule has 6 rings (SSSR count). The number of aryl methyl sites for hydroxylation is 1. The predicted octanol–water partition coefficient (Wildman–Crippen LogP) is 4.71. The lowest BCUT2D eigenvalue weighted by Crippen LogP contribution is -2.28. The van der Waals surface area contributed by atoms with E-state index in [-0.39, 0.29) is 29.1 Å². The topological polar surface area (TPSA) is 119 Å². The lowest BCUT2D eigenvalue weighted by atomic mass is 9.89. The van der Waals surface area contributed by atoms with Crippen molar-refractivity contribution in [3.8, 4) is 23.1 Å². The highest BCUT2D eigenvalue weighted by atomic mass is 35.5. The number of halogens is 5. The number of hydrogen-bond acceptors (Lipinski definition) is 7. The molecule has 4 heterocycles. The summed E-state index contributed by atoms with van der Waals surface area (Å²) in [6.45, 7) is 4.04. The van der Waals surface area contributed by atoms with E-state index in [4.69, 9.17) is 11.6 Å². The lowest BCUT2D eigenvalue weighted by molar-refractivity contribution is -0.137. The van der Waals surface area contributed by atoms with Crippen LogP contribution in [0.15, 0.2) is 43.1 Å². The molecule has 15 heteroatoms. The van der Waals surface area contributed by atoms with Crippen molar-refractivity contribution in [2.45, 2.75) is 26.1 Å². The molecule has 1 aliphatic heterocycles. The van der Waals surface area contributed by atoms with E-state index in [2.05, 4.69) is 42.2 Å². The molecular formula is C28H19ClF4N8O2. The molecule has 10 nitrogen and oxygen atoms in total. The highest BCUT2D eigenvalue weighted by Gasteiger charge is 2.44. The Balaban J connectivity index is 1.19. The van der Waals surface area contributed by atoms with Gasteiger partial charge in [-0.05, 0) is 26.0 Å². The number of nitrogens with zero attached hydrogens (tertiary/aromatic N) is 7. The van der Waals surface area contributed by atoms with Crippen LogP contribution in [0.25, 0.3) is 11.3 Å². The van der Waals surface area contributed by atoms with Crippen LogP contribution in [0.3, 0.4) is 0 Å². The van der Waals surface area contributed by atoms with Gasteiger partial charge in [0.05, 0.1) is 75.7 Å². The zero-order valence-corrected chi connectivity index (χ0v) is 23.1. The molecule has 2 amide bonds. The van der Waals surface area contributed by atoms with Gasteiger partial charge in [-0.3, -0.25) is 29.1 Å². The van der Waals surface area contributed by atoms with Crippen molar-refractivity contribution in [2.75, 3.05) is 16.8 Å². The quantitative estimate of drug-likeness (QED) is 0.248. The molecule has 1 N–H and O–H groups in total. The Labute approximate surface area is 246 Å².